The van der Waals surface area contributed by atoms with E-state index in [1.165, 1.54) is 7.11 Å². The number of carbonyl (C=O) groups is 1. The third-order valence-electron chi connectivity index (χ3n) is 4.88. The van der Waals surface area contributed by atoms with Crippen molar-refractivity contribution in [2.24, 2.45) is 0 Å². The van der Waals surface area contributed by atoms with Gasteiger partial charge in [0.1, 0.15) is 0 Å². The summed E-state index contributed by atoms with van der Waals surface area (Å²) in [4.78, 5) is 31.7. The second kappa shape index (κ2) is 10.8. The molecule has 178 valence electrons. The van der Waals surface area contributed by atoms with Crippen molar-refractivity contribution in [1.82, 2.24) is 9.97 Å². The highest BCUT2D eigenvalue weighted by atomic mass is 35.5. The lowest BCUT2D eigenvalue weighted by Gasteiger charge is -2.12. The van der Waals surface area contributed by atoms with Crippen molar-refractivity contribution in [2.45, 2.75) is 0 Å². The first-order valence-corrected chi connectivity index (χ1v) is 11.4. The van der Waals surface area contributed by atoms with Gasteiger partial charge in [0.05, 0.1) is 33.8 Å². The Morgan fingerprint density at radius 3 is 2.66 bits per heavy atom. The number of anilines is 1. The van der Waals surface area contributed by atoms with E-state index in [1.807, 2.05) is 0 Å². The molecule has 0 bridgehead atoms. The minimum Gasteiger partial charge on any atom is -0.493 e. The van der Waals surface area contributed by atoms with Gasteiger partial charge in [-0.3, -0.25) is 9.59 Å². The zero-order valence-electron chi connectivity index (χ0n) is 18.3. The van der Waals surface area contributed by atoms with Crippen LogP contribution in [0.25, 0.3) is 22.0 Å². The van der Waals surface area contributed by atoms with E-state index in [0.717, 1.165) is 0 Å². The Kier molecular flexibility index (Phi) is 7.60. The Labute approximate surface area is 215 Å². The van der Waals surface area contributed by atoms with E-state index in [1.54, 1.807) is 66.7 Å². The van der Waals surface area contributed by atoms with Gasteiger partial charge in [0, 0.05) is 5.02 Å². The smallest absolute Gasteiger partial charge is 0.262 e. The molecule has 0 aliphatic heterocycles. The highest BCUT2D eigenvalue weighted by Gasteiger charge is 2.12. The lowest BCUT2D eigenvalue weighted by atomic mass is 10.2. The molecule has 0 unspecified atom stereocenters. The minimum atomic E-state index is -0.376. The maximum atomic E-state index is 12.4. The van der Waals surface area contributed by atoms with E-state index in [-0.39, 0.29) is 28.9 Å². The number of aromatic nitrogens is 2. The fourth-order valence-corrected chi connectivity index (χ4v) is 3.79. The predicted molar refractivity (Wildman–Crippen MR) is 140 cm³/mol. The summed E-state index contributed by atoms with van der Waals surface area (Å²) in [5, 5.41) is 4.19. The van der Waals surface area contributed by atoms with Crippen LogP contribution in [0.5, 0.6) is 11.5 Å². The monoisotopic (exact) mass is 529 g/mol. The number of amides is 1. The minimum absolute atomic E-state index is 0.196. The van der Waals surface area contributed by atoms with Crippen LogP contribution < -0.4 is 20.3 Å². The molecule has 3 aromatic carbocycles. The zero-order chi connectivity index (χ0) is 24.9. The first kappa shape index (κ1) is 24.6. The van der Waals surface area contributed by atoms with Gasteiger partial charge >= 0.3 is 0 Å². The molecule has 35 heavy (non-hydrogen) atoms. The second-order valence-corrected chi connectivity index (χ2v) is 8.55. The van der Waals surface area contributed by atoms with Crippen molar-refractivity contribution in [3.63, 3.8) is 0 Å². The quantitative estimate of drug-likeness (QED) is 0.306. The molecule has 2 N–H and O–H groups in total. The number of nitrogens with zero attached hydrogens (tertiary/aromatic N) is 1. The number of aromatic amines is 1. The number of rotatable bonds is 7. The van der Waals surface area contributed by atoms with E-state index < -0.39 is 0 Å². The van der Waals surface area contributed by atoms with Crippen LogP contribution in [0.1, 0.15) is 11.4 Å². The van der Waals surface area contributed by atoms with Crippen molar-refractivity contribution in [3.05, 3.63) is 92.5 Å². The number of hydrogen-bond donors (Lipinski definition) is 2. The average molecular weight is 531 g/mol. The van der Waals surface area contributed by atoms with Gasteiger partial charge in [0.2, 0.25) is 0 Å². The zero-order valence-corrected chi connectivity index (χ0v) is 20.5. The SMILES string of the molecule is COc1cc(C=C(Cl)c2nc3cc(Cl)ccc3c(=O)[nH]2)ccc1OCC(=O)Nc1ccccc1Cl. The van der Waals surface area contributed by atoms with Crippen molar-refractivity contribution in [1.29, 1.82) is 0 Å². The van der Waals surface area contributed by atoms with Crippen LogP contribution in [0.2, 0.25) is 10.0 Å². The molecule has 1 amide bonds. The van der Waals surface area contributed by atoms with E-state index >= 15 is 0 Å². The molecule has 0 saturated heterocycles. The van der Waals surface area contributed by atoms with Crippen LogP contribution in [-0.2, 0) is 4.79 Å². The number of methoxy groups -OCH3 is 1. The first-order chi connectivity index (χ1) is 16.8. The van der Waals surface area contributed by atoms with Crippen molar-refractivity contribution >= 4 is 68.4 Å². The van der Waals surface area contributed by atoms with Gasteiger partial charge in [0.15, 0.2) is 23.9 Å². The van der Waals surface area contributed by atoms with Crippen molar-refractivity contribution < 1.29 is 14.3 Å². The summed E-state index contributed by atoms with van der Waals surface area (Å²) >= 11 is 18.5. The third kappa shape index (κ3) is 5.95. The summed E-state index contributed by atoms with van der Waals surface area (Å²) in [6.45, 7) is -0.248. The van der Waals surface area contributed by atoms with Crippen LogP contribution in [0.15, 0.2) is 65.5 Å². The fourth-order valence-electron chi connectivity index (χ4n) is 3.23. The van der Waals surface area contributed by atoms with Gasteiger partial charge in [-0.1, -0.05) is 53.0 Å². The maximum absolute atomic E-state index is 12.4. The number of benzene rings is 3. The van der Waals surface area contributed by atoms with Crippen LogP contribution in [-0.4, -0.2) is 29.6 Å². The molecule has 1 aromatic heterocycles. The summed E-state index contributed by atoms with van der Waals surface area (Å²) in [7, 11) is 1.48. The topological polar surface area (TPSA) is 93.3 Å². The molecule has 0 saturated carbocycles. The van der Waals surface area contributed by atoms with Crippen LogP contribution in [0, 0.1) is 0 Å². The average Bonchev–Trinajstić information content (AvgIpc) is 2.84. The summed E-state index contributed by atoms with van der Waals surface area (Å²) in [6.07, 6.45) is 1.62. The van der Waals surface area contributed by atoms with Gasteiger partial charge < -0.3 is 19.8 Å². The highest BCUT2D eigenvalue weighted by molar-refractivity contribution is 6.50. The Morgan fingerprint density at radius 1 is 1.09 bits per heavy atom. The van der Waals surface area contributed by atoms with Gasteiger partial charge in [-0.15, -0.1) is 0 Å². The molecule has 0 radical (unpaired) electrons. The second-order valence-electron chi connectivity index (χ2n) is 7.30. The van der Waals surface area contributed by atoms with Gasteiger partial charge in [0.25, 0.3) is 11.5 Å². The van der Waals surface area contributed by atoms with Gasteiger partial charge in [-0.25, -0.2) is 4.98 Å². The lowest BCUT2D eigenvalue weighted by molar-refractivity contribution is -0.118. The molecule has 0 fully saturated rings. The molecule has 4 rings (SSSR count). The normalized spacial score (nSPS) is 11.4. The summed E-state index contributed by atoms with van der Waals surface area (Å²) in [5.74, 6) is 0.572. The number of nitrogens with one attached hydrogen (secondary N) is 2. The number of halogens is 3. The highest BCUT2D eigenvalue weighted by Crippen LogP contribution is 2.30. The predicted octanol–water partition coefficient (Wildman–Crippen LogP) is 5.99. The fraction of sp³-hybridized carbons (Fsp3) is 0.0800. The number of fused-ring (bicyclic) bond motifs is 1. The Balaban J connectivity index is 1.51. The Bertz CT molecular complexity index is 1500. The summed E-state index contributed by atoms with van der Waals surface area (Å²) < 4.78 is 11.0. The Morgan fingerprint density at radius 2 is 1.89 bits per heavy atom. The number of ether oxygens (including phenoxy) is 2. The Hall–Kier alpha value is -3.52. The van der Waals surface area contributed by atoms with Gasteiger partial charge in [-0.2, -0.15) is 0 Å². The van der Waals surface area contributed by atoms with Crippen molar-refractivity contribution in [3.8, 4) is 11.5 Å². The summed E-state index contributed by atoms with van der Waals surface area (Å²) in [6, 6.07) is 16.8. The molecule has 0 aliphatic rings. The number of H-pyrrole nitrogens is 1. The standard InChI is InChI=1S/C25H18Cl3N3O4/c1-34-22-11-14(6-9-21(22)35-13-23(32)29-19-5-3-2-4-17(19)27)10-18(28)24-30-20-12-15(26)7-8-16(20)25(33)31-24/h2-12H,13H2,1H3,(H,29,32)(H,30,31,33). The molecule has 0 atom stereocenters. The molecule has 0 spiro atoms. The van der Waals surface area contributed by atoms with E-state index in [9.17, 15) is 9.59 Å². The maximum Gasteiger partial charge on any atom is 0.262 e. The molecule has 1 heterocycles. The molecule has 4 aromatic rings. The first-order valence-electron chi connectivity index (χ1n) is 10.3. The largest absolute Gasteiger partial charge is 0.493 e. The molecular formula is C25H18Cl3N3O4. The van der Waals surface area contributed by atoms with E-state index in [2.05, 4.69) is 15.3 Å². The van der Waals surface area contributed by atoms with Crippen molar-refractivity contribution in [2.75, 3.05) is 19.0 Å². The number of hydrogen-bond acceptors (Lipinski definition) is 5. The molecular weight excluding hydrogens is 513 g/mol. The van der Waals surface area contributed by atoms with Crippen LogP contribution in [0.3, 0.4) is 0 Å². The molecule has 7 nitrogen and oxygen atoms in total. The molecule has 0 aliphatic carbocycles. The van der Waals surface area contributed by atoms with Crippen LogP contribution >= 0.6 is 34.8 Å². The third-order valence-corrected chi connectivity index (χ3v) is 5.74. The summed E-state index contributed by atoms with van der Waals surface area (Å²) in [5.41, 5.74) is 1.25. The van der Waals surface area contributed by atoms with E-state index in [4.69, 9.17) is 44.3 Å². The number of para-hydroxylation sites is 1. The lowest BCUT2D eigenvalue weighted by Crippen LogP contribution is -2.20. The number of carbonyl (C=O) groups excluding carboxylic acids is 1. The van der Waals surface area contributed by atoms with Crippen LogP contribution in [0.4, 0.5) is 5.69 Å². The van der Waals surface area contributed by atoms with Gasteiger partial charge in [-0.05, 0) is 54.1 Å². The van der Waals surface area contributed by atoms with E-state index in [0.29, 0.717) is 43.7 Å². The molecule has 10 heteroatoms.